The van der Waals surface area contributed by atoms with E-state index in [4.69, 9.17) is 34.8 Å². The molecule has 1 aliphatic heterocycles. The quantitative estimate of drug-likeness (QED) is 0.461. The smallest absolute Gasteiger partial charge is 0.436 e. The van der Waals surface area contributed by atoms with Crippen molar-refractivity contribution in [3.63, 3.8) is 0 Å². The molecule has 0 spiro atoms. The van der Waals surface area contributed by atoms with Crippen LogP contribution in [0, 0.1) is 0 Å². The van der Waals surface area contributed by atoms with Gasteiger partial charge in [-0.25, -0.2) is 0 Å². The van der Waals surface area contributed by atoms with Crippen molar-refractivity contribution in [3.8, 4) is 0 Å². The number of benzene rings is 1. The van der Waals surface area contributed by atoms with E-state index in [2.05, 4.69) is 10.6 Å². The van der Waals surface area contributed by atoms with Crippen molar-refractivity contribution in [1.29, 1.82) is 0 Å². The van der Waals surface area contributed by atoms with Gasteiger partial charge in [0.15, 0.2) is 11.9 Å². The molecule has 1 aromatic rings. The number of nitrogens with one attached hydrogen (secondary N) is 1. The normalized spacial score (nSPS) is 18.4. The Balaban J connectivity index is 0.00000144. The van der Waals surface area contributed by atoms with Crippen LogP contribution < -0.4 is 34.9 Å². The summed E-state index contributed by atoms with van der Waals surface area (Å²) in [5.41, 5.74) is 0.385. The van der Waals surface area contributed by atoms with Gasteiger partial charge in [0.1, 0.15) is 0 Å². The van der Waals surface area contributed by atoms with Crippen molar-refractivity contribution in [2.24, 2.45) is 0 Å². The first-order valence-corrected chi connectivity index (χ1v) is 5.33. The monoisotopic (exact) mass is 300 g/mol. The molecule has 1 fully saturated rings. The fourth-order valence-corrected chi connectivity index (χ4v) is 2.02. The van der Waals surface area contributed by atoms with Gasteiger partial charge < -0.3 is 10.6 Å². The number of rotatable bonds is 1. The number of nitrogens with zero attached hydrogens (tertiary/aromatic N) is 1. The Morgan fingerprint density at radius 2 is 1.65 bits per heavy atom. The van der Waals surface area contributed by atoms with Crippen molar-refractivity contribution < 1.29 is 39.1 Å². The minimum atomic E-state index is -0.880. The zero-order chi connectivity index (χ0) is 11.9. The summed E-state index contributed by atoms with van der Waals surface area (Å²) in [7, 11) is 0. The van der Waals surface area contributed by atoms with Gasteiger partial charge in [-0.1, -0.05) is 34.8 Å². The Bertz CT molecular complexity index is 495. The first-order valence-electron chi connectivity index (χ1n) is 4.19. The second kappa shape index (κ2) is 5.78. The van der Waals surface area contributed by atoms with Gasteiger partial charge in [-0.3, -0.25) is 9.59 Å². The first kappa shape index (κ1) is 15.1. The Morgan fingerprint density at radius 1 is 1.06 bits per heavy atom. The molecule has 1 aromatic carbocycles. The van der Waals surface area contributed by atoms with Crippen molar-refractivity contribution in [2.45, 2.75) is 6.04 Å². The molecule has 84 valence electrons. The van der Waals surface area contributed by atoms with E-state index in [9.17, 15) is 9.59 Å². The van der Waals surface area contributed by atoms with Gasteiger partial charge in [0, 0.05) is 11.1 Å². The van der Waals surface area contributed by atoms with Gasteiger partial charge in [0.05, 0.1) is 10.0 Å². The first-order chi connectivity index (χ1) is 7.49. The topological polar surface area (TPSA) is 60.3 Å². The average molecular weight is 301 g/mol. The molecule has 4 nitrogen and oxygen atoms in total. The van der Waals surface area contributed by atoms with E-state index in [1.165, 1.54) is 12.1 Å². The molecule has 2 rings (SSSR count). The molecule has 8 heteroatoms. The molecule has 1 aliphatic rings. The third-order valence-corrected chi connectivity index (χ3v) is 3.13. The maximum absolute atomic E-state index is 11.3. The Hall–Kier alpha value is 0.0300. The molecular formula is C9H4Cl3N2NaO2. The summed E-state index contributed by atoms with van der Waals surface area (Å²) >= 11 is 17.5. The van der Waals surface area contributed by atoms with Gasteiger partial charge in [-0.2, -0.15) is 0 Å². The summed E-state index contributed by atoms with van der Waals surface area (Å²) in [6.07, 6.45) is 0. The van der Waals surface area contributed by atoms with Gasteiger partial charge in [-0.15, -0.1) is 0 Å². The summed E-state index contributed by atoms with van der Waals surface area (Å²) in [5.74, 6) is -0.592. The van der Waals surface area contributed by atoms with E-state index in [1.54, 1.807) is 0 Å². The SMILES string of the molecule is O=C1[N-]C(=O)C(c2cc(Cl)c(Cl)cc2Cl)N1.[Na+]. The van der Waals surface area contributed by atoms with Crippen LogP contribution in [0.2, 0.25) is 15.1 Å². The zero-order valence-electron chi connectivity index (χ0n) is 8.63. The molecule has 0 aromatic heterocycles. The summed E-state index contributed by atoms with van der Waals surface area (Å²) in [6, 6.07) is 1.29. The van der Waals surface area contributed by atoms with Crippen molar-refractivity contribution >= 4 is 46.7 Å². The predicted octanol–water partition coefficient (Wildman–Crippen LogP) is 0.315. The van der Waals surface area contributed by atoms with Crippen LogP contribution in [-0.2, 0) is 4.79 Å². The van der Waals surface area contributed by atoms with E-state index in [0.29, 0.717) is 5.56 Å². The van der Waals surface area contributed by atoms with Crippen LogP contribution in [0.4, 0.5) is 4.79 Å². The van der Waals surface area contributed by atoms with Crippen LogP contribution in [0.3, 0.4) is 0 Å². The average Bonchev–Trinajstić information content (AvgIpc) is 2.51. The molecular weight excluding hydrogens is 297 g/mol. The number of hydrogen-bond donors (Lipinski definition) is 1. The molecule has 3 amide bonds. The molecule has 0 radical (unpaired) electrons. The number of amides is 3. The summed E-state index contributed by atoms with van der Waals surface area (Å²) in [4.78, 5) is 22.2. The number of urea groups is 1. The molecule has 1 atom stereocenters. The molecule has 1 unspecified atom stereocenters. The van der Waals surface area contributed by atoms with Crippen LogP contribution >= 0.6 is 34.8 Å². The Kier molecular flexibility index (Phi) is 5.13. The maximum Gasteiger partial charge on any atom is 1.00 e. The van der Waals surface area contributed by atoms with Crippen LogP contribution in [0.15, 0.2) is 12.1 Å². The Labute approximate surface area is 134 Å². The van der Waals surface area contributed by atoms with Crippen LogP contribution in [-0.4, -0.2) is 11.9 Å². The van der Waals surface area contributed by atoms with Crippen molar-refractivity contribution in [2.75, 3.05) is 0 Å². The molecule has 0 aliphatic carbocycles. The predicted molar refractivity (Wildman–Crippen MR) is 61.1 cm³/mol. The molecule has 17 heavy (non-hydrogen) atoms. The molecule has 0 bridgehead atoms. The molecule has 1 N–H and O–H groups in total. The fraction of sp³-hybridized carbons (Fsp3) is 0.111. The Morgan fingerprint density at radius 3 is 2.18 bits per heavy atom. The van der Waals surface area contributed by atoms with E-state index in [1.807, 2.05) is 0 Å². The summed E-state index contributed by atoms with van der Waals surface area (Å²) in [6.45, 7) is 0. The third kappa shape index (κ3) is 3.08. The van der Waals surface area contributed by atoms with Gasteiger partial charge in [0.25, 0.3) is 0 Å². The minimum Gasteiger partial charge on any atom is -0.436 e. The van der Waals surface area contributed by atoms with E-state index >= 15 is 0 Å². The van der Waals surface area contributed by atoms with E-state index in [0.717, 1.165) is 0 Å². The van der Waals surface area contributed by atoms with Crippen LogP contribution in [0.5, 0.6) is 0 Å². The van der Waals surface area contributed by atoms with Gasteiger partial charge in [-0.05, 0) is 17.7 Å². The van der Waals surface area contributed by atoms with Crippen molar-refractivity contribution in [3.05, 3.63) is 38.1 Å². The number of hydrogen-bond acceptors (Lipinski definition) is 2. The summed E-state index contributed by atoms with van der Waals surface area (Å²) < 4.78 is 0. The van der Waals surface area contributed by atoms with E-state index < -0.39 is 18.0 Å². The number of carbonyl (C=O) groups is 2. The zero-order valence-corrected chi connectivity index (χ0v) is 12.9. The minimum absolute atomic E-state index is 0. The van der Waals surface area contributed by atoms with Crippen LogP contribution in [0.1, 0.15) is 11.6 Å². The molecule has 1 saturated heterocycles. The van der Waals surface area contributed by atoms with Gasteiger partial charge >= 0.3 is 29.6 Å². The largest absolute Gasteiger partial charge is 1.00 e. The second-order valence-electron chi connectivity index (χ2n) is 3.12. The standard InChI is InChI=1S/C9H5Cl3N2O2.Na/c10-4-2-6(12)5(11)1-3(4)7-8(15)14-9(16)13-7;/h1-2,7H,(H2,13,14,15,16);/q;+1/p-1. The second-order valence-corrected chi connectivity index (χ2v) is 4.34. The number of imide groups is 1. The fourth-order valence-electron chi connectivity index (χ4n) is 1.35. The van der Waals surface area contributed by atoms with E-state index in [-0.39, 0.29) is 44.6 Å². The maximum atomic E-state index is 11.3. The number of halogens is 3. The third-order valence-electron chi connectivity index (χ3n) is 2.08. The molecule has 1 heterocycles. The van der Waals surface area contributed by atoms with Gasteiger partial charge in [0.2, 0.25) is 0 Å². The summed E-state index contributed by atoms with van der Waals surface area (Å²) in [5, 5.41) is 6.38. The van der Waals surface area contributed by atoms with Crippen molar-refractivity contribution in [1.82, 2.24) is 5.32 Å². The number of carbonyl (C=O) groups excluding carboxylic acids is 2. The van der Waals surface area contributed by atoms with Crippen LogP contribution in [0.25, 0.3) is 5.32 Å². The molecule has 0 saturated carbocycles.